The van der Waals surface area contributed by atoms with Crippen molar-refractivity contribution < 1.29 is 4.74 Å². The first-order valence-corrected chi connectivity index (χ1v) is 5.10. The highest BCUT2D eigenvalue weighted by Gasteiger charge is 2.18. The third-order valence-electron chi connectivity index (χ3n) is 2.12. The number of methoxy groups -OCH3 is 1. The third kappa shape index (κ3) is 2.92. The van der Waals surface area contributed by atoms with Gasteiger partial charge in [0.1, 0.15) is 6.33 Å². The van der Waals surface area contributed by atoms with Gasteiger partial charge in [0.15, 0.2) is 0 Å². The second kappa shape index (κ2) is 4.61. The molecule has 0 amide bonds. The summed E-state index contributed by atoms with van der Waals surface area (Å²) in [5.74, 6) is 0. The maximum Gasteiger partial charge on any atom is 0.346 e. The van der Waals surface area contributed by atoms with Crippen molar-refractivity contribution in [2.45, 2.75) is 39.3 Å². The van der Waals surface area contributed by atoms with Gasteiger partial charge in [0, 0.05) is 20.3 Å². The largest absolute Gasteiger partial charge is 0.385 e. The molecule has 5 nitrogen and oxygen atoms in total. The van der Waals surface area contributed by atoms with Gasteiger partial charge in [-0.1, -0.05) is 0 Å². The van der Waals surface area contributed by atoms with Crippen molar-refractivity contribution in [3.8, 4) is 0 Å². The first kappa shape index (κ1) is 12.0. The molecule has 1 aromatic heterocycles. The molecule has 1 aromatic rings. The average molecular weight is 213 g/mol. The Hall–Kier alpha value is -1.10. The van der Waals surface area contributed by atoms with E-state index in [4.69, 9.17) is 4.74 Å². The summed E-state index contributed by atoms with van der Waals surface area (Å²) >= 11 is 0. The Labute approximate surface area is 89.7 Å². The van der Waals surface area contributed by atoms with Gasteiger partial charge < -0.3 is 4.74 Å². The van der Waals surface area contributed by atoms with E-state index in [1.165, 1.54) is 4.68 Å². The number of nitrogens with zero attached hydrogens (tertiary/aromatic N) is 3. The van der Waals surface area contributed by atoms with E-state index in [1.54, 1.807) is 18.0 Å². The first-order chi connectivity index (χ1) is 6.96. The Morgan fingerprint density at radius 2 is 2.13 bits per heavy atom. The molecule has 0 N–H and O–H groups in total. The van der Waals surface area contributed by atoms with Crippen molar-refractivity contribution in [3.63, 3.8) is 0 Å². The molecule has 1 rings (SSSR count). The van der Waals surface area contributed by atoms with E-state index in [1.807, 2.05) is 20.8 Å². The van der Waals surface area contributed by atoms with Crippen LogP contribution in [0, 0.1) is 0 Å². The molecule has 0 fully saturated rings. The van der Waals surface area contributed by atoms with Crippen molar-refractivity contribution in [1.82, 2.24) is 14.3 Å². The minimum absolute atomic E-state index is 0.0568. The number of aryl methyl sites for hydroxylation is 1. The van der Waals surface area contributed by atoms with Crippen molar-refractivity contribution >= 4 is 0 Å². The summed E-state index contributed by atoms with van der Waals surface area (Å²) in [6.07, 6.45) is 2.41. The van der Waals surface area contributed by atoms with Crippen LogP contribution in [0.5, 0.6) is 0 Å². The van der Waals surface area contributed by atoms with Crippen LogP contribution >= 0.6 is 0 Å². The molecule has 5 heteroatoms. The molecule has 0 bridgehead atoms. The van der Waals surface area contributed by atoms with Crippen LogP contribution in [0.25, 0.3) is 0 Å². The monoisotopic (exact) mass is 213 g/mol. The van der Waals surface area contributed by atoms with Crippen LogP contribution in [0.15, 0.2) is 11.1 Å². The lowest BCUT2D eigenvalue weighted by atomic mass is 10.1. The van der Waals surface area contributed by atoms with Gasteiger partial charge in [-0.15, -0.1) is 0 Å². The fourth-order valence-electron chi connectivity index (χ4n) is 1.33. The van der Waals surface area contributed by atoms with Crippen LogP contribution < -0.4 is 5.69 Å². The average Bonchev–Trinajstić information content (AvgIpc) is 2.47. The molecular formula is C10H19N3O2. The van der Waals surface area contributed by atoms with Gasteiger partial charge in [0.05, 0.1) is 5.54 Å². The predicted octanol–water partition coefficient (Wildman–Crippen LogP) is 0.836. The van der Waals surface area contributed by atoms with Gasteiger partial charge in [-0.05, 0) is 27.2 Å². The number of hydrogen-bond donors (Lipinski definition) is 0. The summed E-state index contributed by atoms with van der Waals surface area (Å²) in [6, 6.07) is 0. The predicted molar refractivity (Wildman–Crippen MR) is 58.0 cm³/mol. The zero-order valence-electron chi connectivity index (χ0n) is 9.86. The van der Waals surface area contributed by atoms with Gasteiger partial charge in [0.2, 0.25) is 0 Å². The van der Waals surface area contributed by atoms with Crippen molar-refractivity contribution in [3.05, 3.63) is 16.8 Å². The summed E-state index contributed by atoms with van der Waals surface area (Å²) in [5, 5.41) is 4.09. The SMILES string of the molecule is COCCCn1cnn(C(C)(C)C)c1=O. The number of ether oxygens (including phenoxy) is 1. The second-order valence-electron chi connectivity index (χ2n) is 4.54. The van der Waals surface area contributed by atoms with Gasteiger partial charge >= 0.3 is 5.69 Å². The summed E-state index contributed by atoms with van der Waals surface area (Å²) in [4.78, 5) is 11.8. The van der Waals surface area contributed by atoms with E-state index in [9.17, 15) is 4.79 Å². The molecule has 0 aliphatic heterocycles. The lowest BCUT2D eigenvalue weighted by Gasteiger charge is -2.16. The maximum atomic E-state index is 11.8. The lowest BCUT2D eigenvalue weighted by molar-refractivity contribution is 0.189. The van der Waals surface area contributed by atoms with Gasteiger partial charge in [-0.3, -0.25) is 4.57 Å². The summed E-state index contributed by atoms with van der Waals surface area (Å²) in [5.41, 5.74) is -0.317. The van der Waals surface area contributed by atoms with Crippen molar-refractivity contribution in [2.24, 2.45) is 0 Å². The maximum absolute atomic E-state index is 11.8. The number of hydrogen-bond acceptors (Lipinski definition) is 3. The molecule has 0 radical (unpaired) electrons. The minimum Gasteiger partial charge on any atom is -0.385 e. The molecule has 86 valence electrons. The van der Waals surface area contributed by atoms with E-state index >= 15 is 0 Å². The van der Waals surface area contributed by atoms with Crippen LogP contribution in [0.4, 0.5) is 0 Å². The molecule has 0 unspecified atom stereocenters. The van der Waals surface area contributed by atoms with E-state index in [0.717, 1.165) is 6.42 Å². The highest BCUT2D eigenvalue weighted by atomic mass is 16.5. The van der Waals surface area contributed by atoms with E-state index in [-0.39, 0.29) is 11.2 Å². The van der Waals surface area contributed by atoms with Crippen LogP contribution in [0.3, 0.4) is 0 Å². The number of aromatic nitrogens is 3. The first-order valence-electron chi connectivity index (χ1n) is 5.10. The second-order valence-corrected chi connectivity index (χ2v) is 4.54. The van der Waals surface area contributed by atoms with Crippen LogP contribution in [0.1, 0.15) is 27.2 Å². The van der Waals surface area contributed by atoms with E-state index < -0.39 is 0 Å². The van der Waals surface area contributed by atoms with Crippen molar-refractivity contribution in [1.29, 1.82) is 0 Å². The van der Waals surface area contributed by atoms with Crippen LogP contribution in [-0.4, -0.2) is 28.1 Å². The van der Waals surface area contributed by atoms with Crippen LogP contribution in [-0.2, 0) is 16.8 Å². The van der Waals surface area contributed by atoms with Gasteiger partial charge in [0.25, 0.3) is 0 Å². The standard InChI is InChI=1S/C10H19N3O2/c1-10(2,3)13-9(14)12(8-11-13)6-5-7-15-4/h8H,5-7H2,1-4H3. The molecule has 1 heterocycles. The Morgan fingerprint density at radius 1 is 1.47 bits per heavy atom. The van der Waals surface area contributed by atoms with Crippen LogP contribution in [0.2, 0.25) is 0 Å². The molecule has 0 aliphatic rings. The Morgan fingerprint density at radius 3 is 2.60 bits per heavy atom. The molecule has 0 aromatic carbocycles. The Kier molecular flexibility index (Phi) is 3.68. The molecule has 0 saturated carbocycles. The fourth-order valence-corrected chi connectivity index (χ4v) is 1.33. The summed E-state index contributed by atoms with van der Waals surface area (Å²) in [6.45, 7) is 7.19. The molecule has 0 saturated heterocycles. The van der Waals surface area contributed by atoms with Gasteiger partial charge in [-0.25, -0.2) is 9.48 Å². The fraction of sp³-hybridized carbons (Fsp3) is 0.800. The minimum atomic E-state index is -0.260. The molecule has 0 aliphatic carbocycles. The van der Waals surface area contributed by atoms with E-state index in [2.05, 4.69) is 5.10 Å². The molecular weight excluding hydrogens is 194 g/mol. The number of rotatable bonds is 4. The molecule has 0 spiro atoms. The summed E-state index contributed by atoms with van der Waals surface area (Å²) in [7, 11) is 1.65. The summed E-state index contributed by atoms with van der Waals surface area (Å²) < 4.78 is 8.05. The van der Waals surface area contributed by atoms with Crippen molar-refractivity contribution in [2.75, 3.05) is 13.7 Å². The van der Waals surface area contributed by atoms with Gasteiger partial charge in [-0.2, -0.15) is 5.10 Å². The smallest absolute Gasteiger partial charge is 0.346 e. The zero-order valence-corrected chi connectivity index (χ0v) is 9.86. The highest BCUT2D eigenvalue weighted by Crippen LogP contribution is 2.07. The molecule has 15 heavy (non-hydrogen) atoms. The topological polar surface area (TPSA) is 49.0 Å². The third-order valence-corrected chi connectivity index (χ3v) is 2.12. The molecule has 0 atom stereocenters. The normalized spacial score (nSPS) is 12.0. The quantitative estimate of drug-likeness (QED) is 0.696. The Bertz CT molecular complexity index is 359. The highest BCUT2D eigenvalue weighted by molar-refractivity contribution is 4.77. The zero-order chi connectivity index (χ0) is 11.5. The lowest BCUT2D eigenvalue weighted by Crippen LogP contribution is -2.35. The van der Waals surface area contributed by atoms with E-state index in [0.29, 0.717) is 13.2 Å². The Balaban J connectivity index is 2.77.